The molecule has 0 bridgehead atoms. The summed E-state index contributed by atoms with van der Waals surface area (Å²) in [6, 6.07) is 35.1. The van der Waals surface area contributed by atoms with E-state index in [4.69, 9.17) is 14.5 Å². The van der Waals surface area contributed by atoms with Gasteiger partial charge >= 0.3 is 0 Å². The van der Waals surface area contributed by atoms with Gasteiger partial charge in [-0.1, -0.05) is 60.7 Å². The van der Waals surface area contributed by atoms with Crippen LogP contribution in [0.4, 0.5) is 8.78 Å². The normalized spacial score (nSPS) is 16.0. The number of rotatable bonds is 6. The fourth-order valence-corrected chi connectivity index (χ4v) is 5.54. The van der Waals surface area contributed by atoms with E-state index in [1.807, 2.05) is 79.7 Å². The smallest absolute Gasteiger partial charge is 0.219 e. The summed E-state index contributed by atoms with van der Waals surface area (Å²) < 4.78 is 41.3. The zero-order chi connectivity index (χ0) is 30.2. The minimum Gasteiger partial charge on any atom is -0.506 e. The van der Waals surface area contributed by atoms with Crippen LogP contribution in [0.2, 0.25) is 0 Å². The predicted molar refractivity (Wildman–Crippen MR) is 166 cm³/mol. The van der Waals surface area contributed by atoms with Crippen molar-refractivity contribution in [2.45, 2.75) is 19.1 Å². The van der Waals surface area contributed by atoms with Gasteiger partial charge in [0.15, 0.2) is 6.10 Å². The van der Waals surface area contributed by atoms with Gasteiger partial charge in [-0.05, 0) is 83.3 Å². The molecule has 5 nitrogen and oxygen atoms in total. The van der Waals surface area contributed by atoms with Gasteiger partial charge in [0.2, 0.25) is 11.8 Å². The molecular weight excluding hydrogens is 558 g/mol. The summed E-state index contributed by atoms with van der Waals surface area (Å²) in [6.45, 7) is 1.89. The van der Waals surface area contributed by atoms with Crippen LogP contribution in [0.3, 0.4) is 0 Å². The van der Waals surface area contributed by atoms with Crippen LogP contribution in [0, 0.1) is 18.6 Å². The second-order valence-electron chi connectivity index (χ2n) is 10.8. The monoisotopic (exact) mass is 584 g/mol. The van der Waals surface area contributed by atoms with Crippen molar-refractivity contribution in [3.63, 3.8) is 0 Å². The van der Waals surface area contributed by atoms with Gasteiger partial charge in [0.05, 0.1) is 0 Å². The van der Waals surface area contributed by atoms with Crippen LogP contribution >= 0.6 is 0 Å². The molecule has 1 N–H and O–H groups in total. The molecule has 0 spiro atoms. The van der Waals surface area contributed by atoms with Crippen LogP contribution in [-0.4, -0.2) is 16.0 Å². The highest BCUT2D eigenvalue weighted by atomic mass is 19.1. The van der Waals surface area contributed by atoms with Gasteiger partial charge < -0.3 is 14.6 Å². The van der Waals surface area contributed by atoms with Crippen molar-refractivity contribution in [2.75, 3.05) is 0 Å². The van der Waals surface area contributed by atoms with Gasteiger partial charge in [0.1, 0.15) is 34.7 Å². The molecule has 6 aromatic rings. The SMILES string of the molecule is Cc1cc(O)c2nc(Oc3cc(C4=N[C@@H](c5ccccc5)[C@@H](c5ccccc5)O4)cc(-c4cc(F)cc(F)c4)c3)ccc2c1. The summed E-state index contributed by atoms with van der Waals surface area (Å²) in [5.41, 5.74) is 4.66. The maximum atomic E-state index is 14.3. The first-order valence-corrected chi connectivity index (χ1v) is 14.1. The Morgan fingerprint density at radius 2 is 1.36 bits per heavy atom. The number of hydrogen-bond donors (Lipinski definition) is 1. The van der Waals surface area contributed by atoms with E-state index in [1.165, 1.54) is 12.1 Å². The minimum absolute atomic E-state index is 0.0442. The Hall–Kier alpha value is -5.56. The first kappa shape index (κ1) is 27.3. The second-order valence-corrected chi connectivity index (χ2v) is 10.8. The topological polar surface area (TPSA) is 63.9 Å². The van der Waals surface area contributed by atoms with Crippen molar-refractivity contribution < 1.29 is 23.4 Å². The number of aromatic hydroxyl groups is 1. The lowest BCUT2D eigenvalue weighted by Gasteiger charge is -2.18. The molecule has 7 heteroatoms. The number of benzene rings is 5. The Kier molecular flexibility index (Phi) is 6.98. The Bertz CT molecular complexity index is 2010. The highest BCUT2D eigenvalue weighted by Crippen LogP contribution is 2.42. The number of nitrogens with zero attached hydrogens (tertiary/aromatic N) is 2. The molecule has 0 saturated carbocycles. The lowest BCUT2D eigenvalue weighted by Crippen LogP contribution is -2.09. The number of aryl methyl sites for hydroxylation is 1. The molecule has 2 heterocycles. The predicted octanol–water partition coefficient (Wildman–Crippen LogP) is 9.25. The summed E-state index contributed by atoms with van der Waals surface area (Å²) >= 11 is 0. The van der Waals surface area contributed by atoms with E-state index < -0.39 is 11.6 Å². The Balaban J connectivity index is 1.33. The summed E-state index contributed by atoms with van der Waals surface area (Å²) in [5.74, 6) is -0.385. The third kappa shape index (κ3) is 5.47. The Labute approximate surface area is 252 Å². The van der Waals surface area contributed by atoms with E-state index in [-0.39, 0.29) is 23.8 Å². The van der Waals surface area contributed by atoms with E-state index >= 15 is 0 Å². The Morgan fingerprint density at radius 1 is 0.705 bits per heavy atom. The maximum Gasteiger partial charge on any atom is 0.219 e. The van der Waals surface area contributed by atoms with E-state index in [9.17, 15) is 13.9 Å². The molecule has 2 atom stereocenters. The van der Waals surface area contributed by atoms with Crippen molar-refractivity contribution in [3.8, 4) is 28.5 Å². The standard InChI is InChI=1S/C37H26F2N2O3/c1-22-14-25-12-13-33(40-34(25)32(42)15-22)43-31-19-26(27-17-29(38)21-30(39)18-27)16-28(20-31)37-41-35(23-8-4-2-5-9-23)36(44-37)24-10-6-3-7-11-24/h2-21,35-36,42H,1H3/t35-,36+/m0/s1. The molecule has 0 unspecified atom stereocenters. The second kappa shape index (κ2) is 11.3. The fraction of sp³-hybridized carbons (Fsp3) is 0.0811. The first-order valence-electron chi connectivity index (χ1n) is 14.1. The van der Waals surface area contributed by atoms with Crippen LogP contribution < -0.4 is 4.74 Å². The molecule has 1 aromatic heterocycles. The molecular formula is C37H26F2N2O3. The van der Waals surface area contributed by atoms with E-state index in [2.05, 4.69) is 4.98 Å². The average molecular weight is 585 g/mol. The van der Waals surface area contributed by atoms with E-state index in [0.29, 0.717) is 33.9 Å². The third-order valence-corrected chi connectivity index (χ3v) is 7.51. The summed E-state index contributed by atoms with van der Waals surface area (Å²) in [6.07, 6.45) is -0.387. The van der Waals surface area contributed by atoms with Gasteiger partial charge in [-0.15, -0.1) is 0 Å². The third-order valence-electron chi connectivity index (χ3n) is 7.51. The van der Waals surface area contributed by atoms with E-state index in [0.717, 1.165) is 28.1 Å². The van der Waals surface area contributed by atoms with Gasteiger partial charge in [-0.2, -0.15) is 0 Å². The number of ether oxygens (including phenoxy) is 2. The first-order chi connectivity index (χ1) is 21.4. The zero-order valence-corrected chi connectivity index (χ0v) is 23.6. The minimum atomic E-state index is -0.697. The van der Waals surface area contributed by atoms with Crippen LogP contribution in [-0.2, 0) is 4.74 Å². The lowest BCUT2D eigenvalue weighted by molar-refractivity contribution is 0.197. The van der Waals surface area contributed by atoms with Crippen molar-refractivity contribution in [3.05, 3.63) is 155 Å². The quantitative estimate of drug-likeness (QED) is 0.212. The molecule has 0 saturated heterocycles. The van der Waals surface area contributed by atoms with Crippen LogP contribution in [0.5, 0.6) is 17.4 Å². The molecule has 0 fully saturated rings. The molecule has 1 aliphatic heterocycles. The molecule has 5 aromatic carbocycles. The van der Waals surface area contributed by atoms with Crippen LogP contribution in [0.15, 0.2) is 126 Å². The van der Waals surface area contributed by atoms with Crippen molar-refractivity contribution in [1.29, 1.82) is 0 Å². The van der Waals surface area contributed by atoms with E-state index in [1.54, 1.807) is 30.3 Å². The van der Waals surface area contributed by atoms with Crippen molar-refractivity contribution >= 4 is 16.8 Å². The number of aromatic nitrogens is 1. The van der Waals surface area contributed by atoms with Gasteiger partial charge in [-0.25, -0.2) is 18.8 Å². The Morgan fingerprint density at radius 3 is 2.09 bits per heavy atom. The molecule has 0 radical (unpaired) electrons. The molecule has 216 valence electrons. The number of hydrogen-bond acceptors (Lipinski definition) is 5. The summed E-state index contributed by atoms with van der Waals surface area (Å²) in [7, 11) is 0. The van der Waals surface area contributed by atoms with Gasteiger partial charge in [0, 0.05) is 23.1 Å². The van der Waals surface area contributed by atoms with Crippen LogP contribution in [0.1, 0.15) is 34.4 Å². The highest BCUT2D eigenvalue weighted by Gasteiger charge is 2.34. The number of fused-ring (bicyclic) bond motifs is 1. The van der Waals surface area contributed by atoms with Crippen LogP contribution in [0.25, 0.3) is 22.0 Å². The fourth-order valence-electron chi connectivity index (χ4n) is 5.54. The zero-order valence-electron chi connectivity index (χ0n) is 23.6. The largest absolute Gasteiger partial charge is 0.506 e. The summed E-state index contributed by atoms with van der Waals surface area (Å²) in [4.78, 5) is 9.53. The highest BCUT2D eigenvalue weighted by molar-refractivity contribution is 5.97. The average Bonchev–Trinajstić information content (AvgIpc) is 3.48. The molecule has 44 heavy (non-hydrogen) atoms. The number of aliphatic imine (C=N–C) groups is 1. The lowest BCUT2D eigenvalue weighted by atomic mass is 9.97. The van der Waals surface area contributed by atoms with Crippen molar-refractivity contribution in [1.82, 2.24) is 4.98 Å². The molecule has 0 aliphatic carbocycles. The molecule has 0 amide bonds. The number of halogens is 2. The van der Waals surface area contributed by atoms with Gasteiger partial charge in [-0.3, -0.25) is 0 Å². The number of phenolic OH excluding ortho intramolecular Hbond substituents is 1. The van der Waals surface area contributed by atoms with Gasteiger partial charge in [0.25, 0.3) is 0 Å². The number of pyridine rings is 1. The molecule has 1 aliphatic rings. The number of phenols is 1. The summed E-state index contributed by atoms with van der Waals surface area (Å²) in [5, 5.41) is 11.3. The van der Waals surface area contributed by atoms with Crippen molar-refractivity contribution in [2.24, 2.45) is 4.99 Å². The maximum absolute atomic E-state index is 14.3. The molecule has 7 rings (SSSR count).